The Kier molecular flexibility index (Phi) is 6.00. The first-order valence-electron chi connectivity index (χ1n) is 9.76. The highest BCUT2D eigenvalue weighted by Gasteiger charge is 2.43. The third kappa shape index (κ3) is 4.24. The molecule has 9 heteroatoms. The van der Waals surface area contributed by atoms with Crippen molar-refractivity contribution in [1.29, 1.82) is 0 Å². The maximum absolute atomic E-state index is 13.1. The lowest BCUT2D eigenvalue weighted by Crippen LogP contribution is -2.55. The highest BCUT2D eigenvalue weighted by Crippen LogP contribution is 2.39. The number of carbonyl (C=O) groups excluding carboxylic acids is 3. The van der Waals surface area contributed by atoms with E-state index in [-0.39, 0.29) is 17.2 Å². The molecule has 3 heterocycles. The molecular weight excluding hydrogens is 384 g/mol. The quantitative estimate of drug-likeness (QED) is 0.658. The van der Waals surface area contributed by atoms with Crippen LogP contribution in [0, 0.1) is 5.92 Å². The molecule has 3 rings (SSSR count). The summed E-state index contributed by atoms with van der Waals surface area (Å²) in [5.41, 5.74) is 5.84. The smallest absolute Gasteiger partial charge is 0.313 e. The second-order valence-electron chi connectivity index (χ2n) is 7.80. The van der Waals surface area contributed by atoms with Crippen molar-refractivity contribution in [1.82, 2.24) is 14.9 Å². The molecule has 158 valence electrons. The van der Waals surface area contributed by atoms with E-state index in [4.69, 9.17) is 5.73 Å². The number of nitrogens with zero attached hydrogens (tertiary/aromatic N) is 3. The normalized spacial score (nSPS) is 21.0. The van der Waals surface area contributed by atoms with Gasteiger partial charge in [-0.15, -0.1) is 0 Å². The Hall–Kier alpha value is -3.49. The molecule has 0 unspecified atom stereocenters. The van der Waals surface area contributed by atoms with Gasteiger partial charge in [0.1, 0.15) is 5.82 Å². The van der Waals surface area contributed by atoms with Gasteiger partial charge in [-0.1, -0.05) is 13.0 Å². The summed E-state index contributed by atoms with van der Waals surface area (Å²) < 4.78 is 0. The molecule has 4 N–H and O–H groups in total. The summed E-state index contributed by atoms with van der Waals surface area (Å²) >= 11 is 0. The number of piperidine rings is 1. The Morgan fingerprint density at radius 1 is 1.23 bits per heavy atom. The molecule has 2 aromatic heterocycles. The zero-order chi connectivity index (χ0) is 21.9. The molecule has 1 aliphatic rings. The zero-order valence-corrected chi connectivity index (χ0v) is 17.3. The zero-order valence-electron chi connectivity index (χ0n) is 17.3. The largest absolute Gasteiger partial charge is 0.373 e. The number of amides is 3. The second kappa shape index (κ2) is 8.48. The fourth-order valence-electron chi connectivity index (χ4n) is 3.68. The van der Waals surface area contributed by atoms with Crippen LogP contribution in [-0.4, -0.2) is 46.2 Å². The summed E-state index contributed by atoms with van der Waals surface area (Å²) in [5, 5.41) is 5.50. The van der Waals surface area contributed by atoms with Crippen LogP contribution in [0.4, 0.5) is 11.5 Å². The van der Waals surface area contributed by atoms with Crippen molar-refractivity contribution >= 4 is 29.2 Å². The van der Waals surface area contributed by atoms with E-state index < -0.39 is 23.3 Å². The van der Waals surface area contributed by atoms with Crippen LogP contribution >= 0.6 is 0 Å². The van der Waals surface area contributed by atoms with E-state index in [1.807, 2.05) is 19.1 Å². The molecule has 1 saturated heterocycles. The van der Waals surface area contributed by atoms with Gasteiger partial charge in [0.15, 0.2) is 0 Å². The van der Waals surface area contributed by atoms with Gasteiger partial charge >= 0.3 is 11.8 Å². The van der Waals surface area contributed by atoms with Gasteiger partial charge in [-0.2, -0.15) is 0 Å². The number of carbonyl (C=O) groups is 3. The molecule has 30 heavy (non-hydrogen) atoms. The molecule has 0 spiro atoms. The molecule has 0 bridgehead atoms. The first kappa shape index (κ1) is 21.2. The SMILES string of the molecule is CNc1ccc([C@]2(C)CC[C@H](C)CN2C(=O)C(=O)Nc2cncc(C(N)=O)c2)cn1. The summed E-state index contributed by atoms with van der Waals surface area (Å²) in [4.78, 5) is 47.1. The Morgan fingerprint density at radius 3 is 2.63 bits per heavy atom. The lowest BCUT2D eigenvalue weighted by Gasteiger charge is -2.46. The van der Waals surface area contributed by atoms with E-state index >= 15 is 0 Å². The molecular formula is C21H26N6O3. The monoisotopic (exact) mass is 410 g/mol. The predicted molar refractivity (Wildman–Crippen MR) is 113 cm³/mol. The van der Waals surface area contributed by atoms with Crippen LogP contribution in [-0.2, 0) is 15.1 Å². The van der Waals surface area contributed by atoms with Crippen molar-refractivity contribution in [2.45, 2.75) is 32.2 Å². The van der Waals surface area contributed by atoms with Crippen LogP contribution in [0.25, 0.3) is 0 Å². The van der Waals surface area contributed by atoms with Gasteiger partial charge in [0, 0.05) is 26.0 Å². The molecule has 1 aliphatic heterocycles. The Bertz CT molecular complexity index is 961. The molecule has 0 radical (unpaired) electrons. The van der Waals surface area contributed by atoms with Gasteiger partial charge in [0.25, 0.3) is 0 Å². The number of hydrogen-bond acceptors (Lipinski definition) is 6. The fourth-order valence-corrected chi connectivity index (χ4v) is 3.68. The fraction of sp³-hybridized carbons (Fsp3) is 0.381. The Balaban J connectivity index is 1.85. The standard InChI is InChI=1S/C21H26N6O3/c1-13-6-7-21(2,15-4-5-17(23-3)25-10-15)27(12-13)20(30)19(29)26-16-8-14(18(22)28)9-24-11-16/h4-5,8-11,13H,6-7,12H2,1-3H3,(H2,22,28)(H,23,25)(H,26,29)/t13-,21-/m0/s1. The second-order valence-corrected chi connectivity index (χ2v) is 7.80. The molecule has 1 fully saturated rings. The number of rotatable bonds is 4. The summed E-state index contributed by atoms with van der Waals surface area (Å²) in [7, 11) is 1.79. The highest BCUT2D eigenvalue weighted by atomic mass is 16.2. The lowest BCUT2D eigenvalue weighted by atomic mass is 9.79. The molecule has 0 aromatic carbocycles. The Labute approximate surface area is 175 Å². The first-order chi connectivity index (χ1) is 14.2. The van der Waals surface area contributed by atoms with Gasteiger partial charge < -0.3 is 21.3 Å². The number of nitrogens with two attached hydrogens (primary N) is 1. The minimum absolute atomic E-state index is 0.146. The van der Waals surface area contributed by atoms with E-state index in [0.717, 1.165) is 17.8 Å². The van der Waals surface area contributed by atoms with Crippen molar-refractivity contribution in [3.8, 4) is 0 Å². The minimum atomic E-state index is -0.793. The van der Waals surface area contributed by atoms with Crippen molar-refractivity contribution in [3.63, 3.8) is 0 Å². The minimum Gasteiger partial charge on any atom is -0.373 e. The maximum atomic E-state index is 13.1. The molecule has 2 aromatic rings. The van der Waals surface area contributed by atoms with E-state index in [0.29, 0.717) is 13.0 Å². The van der Waals surface area contributed by atoms with Crippen molar-refractivity contribution in [3.05, 3.63) is 47.9 Å². The van der Waals surface area contributed by atoms with Crippen molar-refractivity contribution in [2.75, 3.05) is 24.2 Å². The number of pyridine rings is 2. The van der Waals surface area contributed by atoms with Crippen LogP contribution < -0.4 is 16.4 Å². The maximum Gasteiger partial charge on any atom is 0.313 e. The molecule has 2 atom stereocenters. The van der Waals surface area contributed by atoms with Gasteiger partial charge in [-0.05, 0) is 43.4 Å². The van der Waals surface area contributed by atoms with Crippen molar-refractivity contribution in [2.24, 2.45) is 11.7 Å². The summed E-state index contributed by atoms with van der Waals surface area (Å²) in [6.45, 7) is 4.46. The summed E-state index contributed by atoms with van der Waals surface area (Å²) in [6, 6.07) is 5.16. The van der Waals surface area contributed by atoms with Gasteiger partial charge in [0.2, 0.25) is 5.91 Å². The van der Waals surface area contributed by atoms with Crippen LogP contribution in [0.15, 0.2) is 36.8 Å². The average molecular weight is 410 g/mol. The molecule has 0 aliphatic carbocycles. The summed E-state index contributed by atoms with van der Waals surface area (Å²) in [5.74, 6) is -1.12. The molecule has 3 amide bonds. The van der Waals surface area contributed by atoms with E-state index in [2.05, 4.69) is 27.5 Å². The number of aromatic nitrogens is 2. The van der Waals surface area contributed by atoms with Crippen LogP contribution in [0.5, 0.6) is 0 Å². The van der Waals surface area contributed by atoms with E-state index in [1.165, 1.54) is 18.5 Å². The number of nitrogens with one attached hydrogen (secondary N) is 2. The Morgan fingerprint density at radius 2 is 2.00 bits per heavy atom. The van der Waals surface area contributed by atoms with Crippen LogP contribution in [0.2, 0.25) is 0 Å². The third-order valence-electron chi connectivity index (χ3n) is 5.58. The summed E-state index contributed by atoms with van der Waals surface area (Å²) in [6.07, 6.45) is 6.04. The van der Waals surface area contributed by atoms with Gasteiger partial charge in [-0.3, -0.25) is 19.4 Å². The first-order valence-corrected chi connectivity index (χ1v) is 9.76. The number of hydrogen-bond donors (Lipinski definition) is 3. The third-order valence-corrected chi connectivity index (χ3v) is 5.58. The highest BCUT2D eigenvalue weighted by molar-refractivity contribution is 6.39. The van der Waals surface area contributed by atoms with Crippen LogP contribution in [0.3, 0.4) is 0 Å². The number of likely N-dealkylation sites (tertiary alicyclic amines) is 1. The van der Waals surface area contributed by atoms with Crippen LogP contribution in [0.1, 0.15) is 42.6 Å². The van der Waals surface area contributed by atoms with E-state index in [9.17, 15) is 14.4 Å². The lowest BCUT2D eigenvalue weighted by molar-refractivity contribution is -0.150. The van der Waals surface area contributed by atoms with Gasteiger partial charge in [0.05, 0.1) is 23.0 Å². The number of anilines is 2. The van der Waals surface area contributed by atoms with E-state index in [1.54, 1.807) is 18.1 Å². The molecule has 0 saturated carbocycles. The topological polar surface area (TPSA) is 130 Å². The van der Waals surface area contributed by atoms with Crippen molar-refractivity contribution < 1.29 is 14.4 Å². The molecule has 9 nitrogen and oxygen atoms in total. The van der Waals surface area contributed by atoms with Gasteiger partial charge in [-0.25, -0.2) is 4.98 Å². The average Bonchev–Trinajstić information content (AvgIpc) is 2.75. The number of primary amides is 1. The predicted octanol–water partition coefficient (Wildman–Crippen LogP) is 1.73.